The van der Waals surface area contributed by atoms with E-state index in [4.69, 9.17) is 0 Å². The summed E-state index contributed by atoms with van der Waals surface area (Å²) in [4.78, 5) is 15.2. The van der Waals surface area contributed by atoms with Crippen LogP contribution in [-0.2, 0) is 0 Å². The number of hydrogen-bond donors (Lipinski definition) is 1. The Bertz CT molecular complexity index is 290. The Morgan fingerprint density at radius 1 is 1.57 bits per heavy atom. The summed E-state index contributed by atoms with van der Waals surface area (Å²) in [6.45, 7) is 0.771. The lowest BCUT2D eigenvalue weighted by molar-refractivity contribution is 0.242. The highest BCUT2D eigenvalue weighted by molar-refractivity contribution is 5.76. The molecule has 1 aromatic heterocycles. The summed E-state index contributed by atoms with van der Waals surface area (Å²) in [5.41, 5.74) is 0. The minimum absolute atomic E-state index is 0.0849. The first-order chi connectivity index (χ1) is 6.86. The first kappa shape index (κ1) is 9.24. The Morgan fingerprint density at radius 3 is 3.07 bits per heavy atom. The fraction of sp³-hybridized carbons (Fsp3) is 0.600. The molecule has 0 bridgehead atoms. The van der Waals surface area contributed by atoms with Gasteiger partial charge in [0.15, 0.2) is 0 Å². The summed E-state index contributed by atoms with van der Waals surface area (Å²) in [6, 6.07) is -0.0849. The second kappa shape index (κ2) is 4.26. The van der Waals surface area contributed by atoms with Crippen LogP contribution in [-0.4, -0.2) is 22.1 Å². The molecule has 2 rings (SSSR count). The fourth-order valence-electron chi connectivity index (χ4n) is 1.46. The molecule has 4 heteroatoms. The van der Waals surface area contributed by atoms with Crippen molar-refractivity contribution in [3.8, 4) is 0 Å². The number of aromatic nitrogens is 2. The van der Waals surface area contributed by atoms with Crippen molar-refractivity contribution in [2.24, 2.45) is 5.92 Å². The van der Waals surface area contributed by atoms with Crippen LogP contribution in [0, 0.1) is 5.92 Å². The van der Waals surface area contributed by atoms with Crippen LogP contribution in [0.5, 0.6) is 0 Å². The zero-order valence-corrected chi connectivity index (χ0v) is 8.15. The van der Waals surface area contributed by atoms with E-state index >= 15 is 0 Å². The Hall–Kier alpha value is -1.32. The lowest BCUT2D eigenvalue weighted by Gasteiger charge is -2.04. The molecule has 1 saturated carbocycles. The molecule has 1 N–H and O–H groups in total. The Labute approximate surface area is 83.3 Å². The van der Waals surface area contributed by atoms with Gasteiger partial charge in [-0.05, 0) is 18.8 Å². The predicted molar refractivity (Wildman–Crippen MR) is 53.0 cm³/mol. The van der Waals surface area contributed by atoms with Crippen LogP contribution in [0.3, 0.4) is 0 Å². The van der Waals surface area contributed by atoms with Gasteiger partial charge in [-0.1, -0.05) is 12.8 Å². The van der Waals surface area contributed by atoms with Crippen LogP contribution in [0.15, 0.2) is 18.7 Å². The van der Waals surface area contributed by atoms with Gasteiger partial charge in [0.05, 0.1) is 0 Å². The molecule has 0 aromatic carbocycles. The number of hydrogen-bond acceptors (Lipinski definition) is 2. The van der Waals surface area contributed by atoms with Crippen molar-refractivity contribution < 1.29 is 4.79 Å². The molecule has 1 aliphatic carbocycles. The summed E-state index contributed by atoms with van der Waals surface area (Å²) in [7, 11) is 0. The molecule has 0 spiro atoms. The zero-order valence-electron chi connectivity index (χ0n) is 8.15. The van der Waals surface area contributed by atoms with Crippen LogP contribution in [0.1, 0.15) is 25.7 Å². The predicted octanol–water partition coefficient (Wildman–Crippen LogP) is 1.63. The number of rotatable bonds is 4. The van der Waals surface area contributed by atoms with E-state index in [9.17, 15) is 4.79 Å². The molecule has 0 aliphatic heterocycles. The van der Waals surface area contributed by atoms with E-state index in [1.807, 2.05) is 0 Å². The molecule has 1 aromatic rings. The number of carbonyl (C=O) groups excluding carboxylic acids is 1. The van der Waals surface area contributed by atoms with Gasteiger partial charge in [-0.15, -0.1) is 0 Å². The second-order valence-electron chi connectivity index (χ2n) is 3.79. The number of imidazole rings is 1. The zero-order chi connectivity index (χ0) is 9.80. The maximum absolute atomic E-state index is 11.4. The molecule has 1 heterocycles. The smallest absolute Gasteiger partial charge is 0.326 e. The van der Waals surface area contributed by atoms with E-state index in [1.165, 1.54) is 30.2 Å². The van der Waals surface area contributed by atoms with E-state index in [0.717, 1.165) is 18.9 Å². The van der Waals surface area contributed by atoms with E-state index in [2.05, 4.69) is 10.3 Å². The van der Waals surface area contributed by atoms with Gasteiger partial charge < -0.3 is 5.32 Å². The third-order valence-electron chi connectivity index (χ3n) is 2.50. The van der Waals surface area contributed by atoms with Gasteiger partial charge in [0, 0.05) is 18.9 Å². The molecule has 0 saturated heterocycles. The average Bonchev–Trinajstić information content (AvgIpc) is 2.84. The van der Waals surface area contributed by atoms with Crippen molar-refractivity contribution in [1.82, 2.24) is 14.9 Å². The van der Waals surface area contributed by atoms with Gasteiger partial charge in [0.2, 0.25) is 0 Å². The highest BCUT2D eigenvalue weighted by atomic mass is 16.2. The molecule has 76 valence electrons. The Kier molecular flexibility index (Phi) is 2.81. The third kappa shape index (κ3) is 2.58. The molecular formula is C10H15N3O. The van der Waals surface area contributed by atoms with Crippen molar-refractivity contribution in [1.29, 1.82) is 0 Å². The quantitative estimate of drug-likeness (QED) is 0.739. The van der Waals surface area contributed by atoms with Gasteiger partial charge in [-0.2, -0.15) is 0 Å². The first-order valence-corrected chi connectivity index (χ1v) is 5.12. The molecule has 0 radical (unpaired) electrons. The molecule has 1 fully saturated rings. The minimum atomic E-state index is -0.0849. The van der Waals surface area contributed by atoms with Gasteiger partial charge in [0.25, 0.3) is 0 Å². The normalized spacial score (nSPS) is 15.4. The second-order valence-corrected chi connectivity index (χ2v) is 3.79. The molecular weight excluding hydrogens is 178 g/mol. The number of nitrogens with zero attached hydrogens (tertiary/aromatic N) is 2. The molecule has 0 unspecified atom stereocenters. The largest absolute Gasteiger partial charge is 0.337 e. The van der Waals surface area contributed by atoms with Gasteiger partial charge in [0.1, 0.15) is 6.33 Å². The van der Waals surface area contributed by atoms with Crippen molar-refractivity contribution in [2.45, 2.75) is 25.7 Å². The molecule has 14 heavy (non-hydrogen) atoms. The first-order valence-electron chi connectivity index (χ1n) is 5.12. The highest BCUT2D eigenvalue weighted by Crippen LogP contribution is 2.33. The van der Waals surface area contributed by atoms with Crippen LogP contribution >= 0.6 is 0 Å². The lowest BCUT2D eigenvalue weighted by atomic mass is 10.2. The van der Waals surface area contributed by atoms with Gasteiger partial charge in [-0.25, -0.2) is 9.78 Å². The van der Waals surface area contributed by atoms with Crippen LogP contribution in [0.25, 0.3) is 0 Å². The molecule has 0 atom stereocenters. The fourth-order valence-corrected chi connectivity index (χ4v) is 1.46. The lowest BCUT2D eigenvalue weighted by Crippen LogP contribution is -2.28. The molecule has 1 aliphatic rings. The van der Waals surface area contributed by atoms with E-state index in [-0.39, 0.29) is 6.03 Å². The van der Waals surface area contributed by atoms with Gasteiger partial charge >= 0.3 is 6.03 Å². The summed E-state index contributed by atoms with van der Waals surface area (Å²) in [6.07, 6.45) is 9.87. The SMILES string of the molecule is O=C(NCCCC1CC1)n1ccnc1. The Morgan fingerprint density at radius 2 is 2.43 bits per heavy atom. The third-order valence-corrected chi connectivity index (χ3v) is 2.50. The number of nitrogens with one attached hydrogen (secondary N) is 1. The molecule has 1 amide bonds. The molecule has 4 nitrogen and oxygen atoms in total. The topological polar surface area (TPSA) is 46.9 Å². The van der Waals surface area contributed by atoms with Crippen molar-refractivity contribution in [2.75, 3.05) is 6.54 Å². The standard InChI is InChI=1S/C10H15N3O/c14-10(13-7-6-11-8-13)12-5-1-2-9-3-4-9/h6-9H,1-5H2,(H,12,14). The van der Waals surface area contributed by atoms with Crippen LogP contribution in [0.4, 0.5) is 4.79 Å². The van der Waals surface area contributed by atoms with E-state index < -0.39 is 0 Å². The number of carbonyl (C=O) groups is 1. The van der Waals surface area contributed by atoms with Crippen LogP contribution < -0.4 is 5.32 Å². The average molecular weight is 193 g/mol. The monoisotopic (exact) mass is 193 g/mol. The summed E-state index contributed by atoms with van der Waals surface area (Å²) >= 11 is 0. The van der Waals surface area contributed by atoms with Crippen molar-refractivity contribution >= 4 is 6.03 Å². The minimum Gasteiger partial charge on any atom is -0.337 e. The summed E-state index contributed by atoms with van der Waals surface area (Å²) in [5, 5.41) is 2.85. The summed E-state index contributed by atoms with van der Waals surface area (Å²) in [5.74, 6) is 0.945. The van der Waals surface area contributed by atoms with Crippen molar-refractivity contribution in [3.63, 3.8) is 0 Å². The summed E-state index contributed by atoms with van der Waals surface area (Å²) < 4.78 is 1.46. The Balaban J connectivity index is 1.62. The van der Waals surface area contributed by atoms with Crippen LogP contribution in [0.2, 0.25) is 0 Å². The van der Waals surface area contributed by atoms with E-state index in [0.29, 0.717) is 0 Å². The highest BCUT2D eigenvalue weighted by Gasteiger charge is 2.20. The number of amides is 1. The maximum Gasteiger partial charge on any atom is 0.326 e. The van der Waals surface area contributed by atoms with Gasteiger partial charge in [-0.3, -0.25) is 4.57 Å². The van der Waals surface area contributed by atoms with E-state index in [1.54, 1.807) is 12.4 Å². The van der Waals surface area contributed by atoms with Crippen molar-refractivity contribution in [3.05, 3.63) is 18.7 Å². The maximum atomic E-state index is 11.4.